The fourth-order valence-corrected chi connectivity index (χ4v) is 2.99. The van der Waals surface area contributed by atoms with Crippen LogP contribution in [0.5, 0.6) is 0 Å². The lowest BCUT2D eigenvalue weighted by molar-refractivity contribution is 0.688. The SMILES string of the molecule is CNC(c1ccc2ccccc2c1)c1cc(Cl)ccc1C. The molecule has 0 radical (unpaired) electrons. The normalized spacial score (nSPS) is 12.5. The molecule has 0 saturated heterocycles. The van der Waals surface area contributed by atoms with Gasteiger partial charge in [0.2, 0.25) is 0 Å². The molecule has 0 aliphatic rings. The number of fused-ring (bicyclic) bond motifs is 1. The van der Waals surface area contributed by atoms with Crippen LogP contribution < -0.4 is 5.32 Å². The Morgan fingerprint density at radius 3 is 2.43 bits per heavy atom. The summed E-state index contributed by atoms with van der Waals surface area (Å²) in [6.45, 7) is 2.12. The topological polar surface area (TPSA) is 12.0 Å². The Bertz CT molecular complexity index is 779. The lowest BCUT2D eigenvalue weighted by Crippen LogP contribution is -2.18. The number of halogens is 1. The Hall–Kier alpha value is -1.83. The number of rotatable bonds is 3. The van der Waals surface area contributed by atoms with Crippen molar-refractivity contribution in [1.82, 2.24) is 5.32 Å². The molecule has 106 valence electrons. The fraction of sp³-hybridized carbons (Fsp3) is 0.158. The minimum Gasteiger partial charge on any atom is -0.309 e. The number of benzene rings is 3. The van der Waals surface area contributed by atoms with E-state index in [9.17, 15) is 0 Å². The molecule has 0 heterocycles. The van der Waals surface area contributed by atoms with Crippen LogP contribution in [0, 0.1) is 6.92 Å². The van der Waals surface area contributed by atoms with E-state index in [1.54, 1.807) is 0 Å². The van der Waals surface area contributed by atoms with E-state index in [1.807, 2.05) is 19.2 Å². The van der Waals surface area contributed by atoms with Gasteiger partial charge in [0.1, 0.15) is 0 Å². The van der Waals surface area contributed by atoms with Gasteiger partial charge in [-0.15, -0.1) is 0 Å². The van der Waals surface area contributed by atoms with Gasteiger partial charge in [0.05, 0.1) is 6.04 Å². The van der Waals surface area contributed by atoms with Gasteiger partial charge >= 0.3 is 0 Å². The van der Waals surface area contributed by atoms with Gasteiger partial charge in [0, 0.05) is 5.02 Å². The van der Waals surface area contributed by atoms with Crippen LogP contribution in [0.1, 0.15) is 22.7 Å². The molecule has 0 saturated carbocycles. The second-order valence-electron chi connectivity index (χ2n) is 5.33. The first-order chi connectivity index (χ1) is 10.2. The molecule has 1 atom stereocenters. The van der Waals surface area contributed by atoms with Gasteiger partial charge < -0.3 is 5.32 Å². The molecular formula is C19H18ClN. The number of hydrogen-bond acceptors (Lipinski definition) is 1. The molecule has 0 bridgehead atoms. The van der Waals surface area contributed by atoms with Crippen molar-refractivity contribution in [3.05, 3.63) is 82.4 Å². The van der Waals surface area contributed by atoms with Gasteiger partial charge in [0.15, 0.2) is 0 Å². The summed E-state index contributed by atoms with van der Waals surface area (Å²) in [5.41, 5.74) is 3.72. The zero-order chi connectivity index (χ0) is 14.8. The summed E-state index contributed by atoms with van der Waals surface area (Å²) < 4.78 is 0. The minimum absolute atomic E-state index is 0.147. The zero-order valence-corrected chi connectivity index (χ0v) is 13.0. The molecular weight excluding hydrogens is 278 g/mol. The van der Waals surface area contributed by atoms with Crippen LogP contribution in [0.2, 0.25) is 5.02 Å². The third-order valence-electron chi connectivity index (χ3n) is 3.95. The summed E-state index contributed by atoms with van der Waals surface area (Å²) in [5.74, 6) is 0. The van der Waals surface area contributed by atoms with E-state index in [0.717, 1.165) is 5.02 Å². The summed E-state index contributed by atoms with van der Waals surface area (Å²) in [6.07, 6.45) is 0. The highest BCUT2D eigenvalue weighted by Crippen LogP contribution is 2.29. The maximum absolute atomic E-state index is 6.17. The molecule has 3 rings (SSSR count). The minimum atomic E-state index is 0.147. The van der Waals surface area contributed by atoms with Crippen molar-refractivity contribution < 1.29 is 0 Å². The van der Waals surface area contributed by atoms with Gasteiger partial charge in [-0.05, 0) is 59.6 Å². The highest BCUT2D eigenvalue weighted by molar-refractivity contribution is 6.30. The van der Waals surface area contributed by atoms with Crippen LogP contribution in [0.3, 0.4) is 0 Å². The highest BCUT2D eigenvalue weighted by Gasteiger charge is 2.15. The summed E-state index contributed by atoms with van der Waals surface area (Å²) in [6, 6.07) is 21.2. The largest absolute Gasteiger partial charge is 0.309 e. The Morgan fingerprint density at radius 2 is 1.67 bits per heavy atom. The van der Waals surface area contributed by atoms with E-state index >= 15 is 0 Å². The number of aryl methyl sites for hydroxylation is 1. The average Bonchev–Trinajstić information content (AvgIpc) is 2.51. The quantitative estimate of drug-likeness (QED) is 0.708. The lowest BCUT2D eigenvalue weighted by Gasteiger charge is -2.20. The zero-order valence-electron chi connectivity index (χ0n) is 12.2. The van der Waals surface area contributed by atoms with Gasteiger partial charge in [-0.3, -0.25) is 0 Å². The van der Waals surface area contributed by atoms with Gasteiger partial charge in [-0.25, -0.2) is 0 Å². The van der Waals surface area contributed by atoms with Crippen molar-refractivity contribution in [1.29, 1.82) is 0 Å². The highest BCUT2D eigenvalue weighted by atomic mass is 35.5. The smallest absolute Gasteiger partial charge is 0.0577 e. The van der Waals surface area contributed by atoms with E-state index in [1.165, 1.54) is 27.5 Å². The number of nitrogens with one attached hydrogen (secondary N) is 1. The predicted octanol–water partition coefficient (Wildman–Crippen LogP) is 5.11. The molecule has 1 unspecified atom stereocenters. The van der Waals surface area contributed by atoms with E-state index < -0.39 is 0 Å². The van der Waals surface area contributed by atoms with Crippen molar-refractivity contribution in [2.24, 2.45) is 0 Å². The van der Waals surface area contributed by atoms with Crippen LogP contribution in [0.15, 0.2) is 60.7 Å². The molecule has 0 fully saturated rings. The molecule has 0 aliphatic heterocycles. The summed E-state index contributed by atoms with van der Waals surface area (Å²) in [5, 5.41) is 6.71. The Kier molecular flexibility index (Phi) is 3.96. The van der Waals surface area contributed by atoms with Crippen molar-refractivity contribution >= 4 is 22.4 Å². The summed E-state index contributed by atoms with van der Waals surface area (Å²) >= 11 is 6.17. The summed E-state index contributed by atoms with van der Waals surface area (Å²) in [4.78, 5) is 0. The van der Waals surface area contributed by atoms with Crippen LogP contribution in [-0.2, 0) is 0 Å². The molecule has 3 aromatic carbocycles. The second kappa shape index (κ2) is 5.88. The maximum Gasteiger partial charge on any atom is 0.0577 e. The first-order valence-corrected chi connectivity index (χ1v) is 7.49. The van der Waals surface area contributed by atoms with E-state index in [4.69, 9.17) is 11.6 Å². The molecule has 0 aromatic heterocycles. The molecule has 3 aromatic rings. The third kappa shape index (κ3) is 2.80. The van der Waals surface area contributed by atoms with Crippen molar-refractivity contribution in [3.63, 3.8) is 0 Å². The van der Waals surface area contributed by atoms with E-state index in [-0.39, 0.29) is 6.04 Å². The molecule has 1 nitrogen and oxygen atoms in total. The van der Waals surface area contributed by atoms with Gasteiger partial charge in [-0.1, -0.05) is 54.1 Å². The lowest BCUT2D eigenvalue weighted by atomic mass is 9.93. The summed E-state index contributed by atoms with van der Waals surface area (Å²) in [7, 11) is 1.99. The van der Waals surface area contributed by atoms with Crippen molar-refractivity contribution in [2.75, 3.05) is 7.05 Å². The Morgan fingerprint density at radius 1 is 0.905 bits per heavy atom. The first-order valence-electron chi connectivity index (χ1n) is 7.11. The third-order valence-corrected chi connectivity index (χ3v) is 4.18. The van der Waals surface area contributed by atoms with Crippen LogP contribution >= 0.6 is 11.6 Å². The standard InChI is InChI=1S/C19H18ClN/c1-13-7-10-17(20)12-18(13)19(21-2)16-9-8-14-5-3-4-6-15(14)11-16/h3-12,19,21H,1-2H3. The fourth-order valence-electron chi connectivity index (χ4n) is 2.81. The molecule has 21 heavy (non-hydrogen) atoms. The Balaban J connectivity index is 2.11. The molecule has 0 amide bonds. The molecule has 2 heteroatoms. The van der Waals surface area contributed by atoms with Crippen molar-refractivity contribution in [3.8, 4) is 0 Å². The van der Waals surface area contributed by atoms with Crippen LogP contribution in [-0.4, -0.2) is 7.05 Å². The van der Waals surface area contributed by atoms with Crippen LogP contribution in [0.4, 0.5) is 0 Å². The number of hydrogen-bond donors (Lipinski definition) is 1. The maximum atomic E-state index is 6.17. The monoisotopic (exact) mass is 295 g/mol. The van der Waals surface area contributed by atoms with E-state index in [0.29, 0.717) is 0 Å². The Labute approximate surface area is 130 Å². The van der Waals surface area contributed by atoms with Crippen LogP contribution in [0.25, 0.3) is 10.8 Å². The van der Waals surface area contributed by atoms with Gasteiger partial charge in [0.25, 0.3) is 0 Å². The second-order valence-corrected chi connectivity index (χ2v) is 5.77. The first kappa shape index (κ1) is 14.1. The van der Waals surface area contributed by atoms with E-state index in [2.05, 4.69) is 60.8 Å². The molecule has 0 aliphatic carbocycles. The average molecular weight is 296 g/mol. The molecule has 1 N–H and O–H groups in total. The van der Waals surface area contributed by atoms with Crippen molar-refractivity contribution in [2.45, 2.75) is 13.0 Å². The van der Waals surface area contributed by atoms with Gasteiger partial charge in [-0.2, -0.15) is 0 Å². The predicted molar refractivity (Wildman–Crippen MR) is 91.0 cm³/mol. The molecule has 0 spiro atoms.